The fourth-order valence-corrected chi connectivity index (χ4v) is 13.1. The van der Waals surface area contributed by atoms with Crippen molar-refractivity contribution in [1.29, 1.82) is 0 Å². The molecule has 0 radical (unpaired) electrons. The fourth-order valence-electron chi connectivity index (χ4n) is 11.7. The number of anilines is 6. The molecule has 0 fully saturated rings. The standard InChI is InChI=1S/C69H46N2S/c1-5-18-47(19-6-1)50-32-38-54(39-33-50)70(53-24-11-4-12-25-53)57-44-45-59-58-26-13-15-29-62(58)69(63(59)46-57)67-61(66-60-27-14-16-31-65(60)72-68(66)69)28-17-30-64(67)71(55-40-34-51(35-41-55)48-20-7-2-8-21-48)56-42-36-52(37-43-56)49-22-9-3-10-23-49/h1-46H. The van der Waals surface area contributed by atoms with Crippen LogP contribution in [0.25, 0.3) is 65.7 Å². The minimum atomic E-state index is -0.654. The lowest BCUT2D eigenvalue weighted by atomic mass is 9.72. The van der Waals surface area contributed by atoms with Crippen LogP contribution < -0.4 is 9.80 Å². The molecule has 1 heterocycles. The van der Waals surface area contributed by atoms with Gasteiger partial charge in [0.1, 0.15) is 0 Å². The van der Waals surface area contributed by atoms with Crippen LogP contribution in [0, 0.1) is 0 Å². The van der Waals surface area contributed by atoms with Crippen molar-refractivity contribution in [2.45, 2.75) is 5.41 Å². The van der Waals surface area contributed by atoms with E-state index in [4.69, 9.17) is 0 Å². The highest BCUT2D eigenvalue weighted by molar-refractivity contribution is 7.20. The molecular formula is C69H46N2S. The second kappa shape index (κ2) is 17.1. The normalized spacial score (nSPS) is 13.9. The molecule has 14 rings (SSSR count). The lowest BCUT2D eigenvalue weighted by Crippen LogP contribution is -2.28. The van der Waals surface area contributed by atoms with Crippen molar-refractivity contribution < 1.29 is 0 Å². The maximum atomic E-state index is 2.52. The fraction of sp³-hybridized carbons (Fsp3) is 0.0145. The van der Waals surface area contributed by atoms with Crippen molar-refractivity contribution in [3.63, 3.8) is 0 Å². The topological polar surface area (TPSA) is 6.48 Å². The van der Waals surface area contributed by atoms with Gasteiger partial charge in [-0.3, -0.25) is 0 Å². The molecule has 12 aromatic rings. The number of benzene rings is 11. The Labute approximate surface area is 424 Å². The molecule has 72 heavy (non-hydrogen) atoms. The van der Waals surface area contributed by atoms with Gasteiger partial charge in [0.15, 0.2) is 0 Å². The summed E-state index contributed by atoms with van der Waals surface area (Å²) in [5.41, 5.74) is 22.2. The van der Waals surface area contributed by atoms with E-state index in [1.807, 2.05) is 11.3 Å². The zero-order valence-electron chi connectivity index (χ0n) is 39.4. The third kappa shape index (κ3) is 6.62. The summed E-state index contributed by atoms with van der Waals surface area (Å²) in [6, 6.07) is 103. The quantitative estimate of drug-likeness (QED) is 0.142. The molecule has 0 amide bonds. The summed E-state index contributed by atoms with van der Waals surface area (Å²) in [5, 5.41) is 1.30. The van der Waals surface area contributed by atoms with Gasteiger partial charge < -0.3 is 9.80 Å². The molecule has 2 nitrogen and oxygen atoms in total. The van der Waals surface area contributed by atoms with E-state index in [-0.39, 0.29) is 0 Å². The molecule has 1 unspecified atom stereocenters. The first-order chi connectivity index (χ1) is 35.7. The Hall–Kier alpha value is -9.02. The number of hydrogen-bond donors (Lipinski definition) is 0. The van der Waals surface area contributed by atoms with E-state index in [1.54, 1.807) is 0 Å². The number of thiophene rings is 1. The highest BCUT2D eigenvalue weighted by Gasteiger charge is 2.55. The summed E-state index contributed by atoms with van der Waals surface area (Å²) in [5.74, 6) is 0. The Balaban J connectivity index is 1.03. The minimum Gasteiger partial charge on any atom is -0.310 e. The summed E-state index contributed by atoms with van der Waals surface area (Å²) in [7, 11) is 0. The Bertz CT molecular complexity index is 3860. The summed E-state index contributed by atoms with van der Waals surface area (Å²) in [6.07, 6.45) is 0. The molecule has 0 saturated heterocycles. The number of hydrogen-bond acceptors (Lipinski definition) is 3. The second-order valence-corrected chi connectivity index (χ2v) is 19.8. The van der Waals surface area contributed by atoms with Crippen LogP contribution in [0.1, 0.15) is 21.6 Å². The molecule has 3 heteroatoms. The van der Waals surface area contributed by atoms with Crippen LogP contribution in [0.2, 0.25) is 0 Å². The van der Waals surface area contributed by atoms with Gasteiger partial charge in [0.25, 0.3) is 0 Å². The Morgan fingerprint density at radius 2 is 0.722 bits per heavy atom. The molecule has 0 saturated carbocycles. The highest BCUT2D eigenvalue weighted by atomic mass is 32.1. The maximum absolute atomic E-state index is 2.52. The third-order valence-electron chi connectivity index (χ3n) is 14.9. The molecule has 1 aromatic heterocycles. The van der Waals surface area contributed by atoms with Crippen LogP contribution in [0.5, 0.6) is 0 Å². The number of para-hydroxylation sites is 1. The van der Waals surface area contributed by atoms with Gasteiger partial charge in [-0.1, -0.05) is 206 Å². The second-order valence-electron chi connectivity index (χ2n) is 18.8. The minimum absolute atomic E-state index is 0.654. The van der Waals surface area contributed by atoms with Crippen molar-refractivity contribution in [1.82, 2.24) is 0 Å². The molecule has 1 spiro atoms. The van der Waals surface area contributed by atoms with E-state index in [1.165, 1.54) is 87.3 Å². The number of nitrogens with zero attached hydrogens (tertiary/aromatic N) is 2. The van der Waals surface area contributed by atoms with Crippen LogP contribution >= 0.6 is 11.3 Å². The van der Waals surface area contributed by atoms with Gasteiger partial charge in [-0.15, -0.1) is 11.3 Å². The summed E-state index contributed by atoms with van der Waals surface area (Å²) in [6.45, 7) is 0. The van der Waals surface area contributed by atoms with E-state index in [0.29, 0.717) is 0 Å². The van der Waals surface area contributed by atoms with Crippen LogP contribution in [-0.2, 0) is 5.41 Å². The van der Waals surface area contributed by atoms with E-state index >= 15 is 0 Å². The first-order valence-corrected chi connectivity index (χ1v) is 25.6. The van der Waals surface area contributed by atoms with E-state index in [9.17, 15) is 0 Å². The molecule has 0 N–H and O–H groups in total. The number of rotatable bonds is 9. The maximum Gasteiger partial charge on any atom is 0.0840 e. The van der Waals surface area contributed by atoms with Gasteiger partial charge in [0.05, 0.1) is 11.1 Å². The Morgan fingerprint density at radius 3 is 1.31 bits per heavy atom. The van der Waals surface area contributed by atoms with Gasteiger partial charge in [-0.2, -0.15) is 0 Å². The lowest BCUT2D eigenvalue weighted by molar-refractivity contribution is 0.810. The monoisotopic (exact) mass is 934 g/mol. The average molecular weight is 935 g/mol. The summed E-state index contributed by atoms with van der Waals surface area (Å²) in [4.78, 5) is 6.30. The van der Waals surface area contributed by atoms with Crippen LogP contribution in [0.15, 0.2) is 279 Å². The predicted octanol–water partition coefficient (Wildman–Crippen LogP) is 19.2. The van der Waals surface area contributed by atoms with E-state index in [0.717, 1.165) is 34.1 Å². The largest absolute Gasteiger partial charge is 0.310 e. The first-order valence-electron chi connectivity index (χ1n) is 24.7. The van der Waals surface area contributed by atoms with Gasteiger partial charge in [0, 0.05) is 54.5 Å². The molecule has 11 aromatic carbocycles. The SMILES string of the molecule is c1ccc(-c2ccc(N(c3ccccc3)c3ccc4c(c3)C3(c5ccccc5-4)c4sc5ccccc5c4-c4cccc(N(c5ccc(-c6ccccc6)cc5)c5ccc(-c6ccccc6)cc5)c43)cc2)cc1. The predicted molar refractivity (Wildman–Crippen MR) is 304 cm³/mol. The van der Waals surface area contributed by atoms with Crippen molar-refractivity contribution in [2.24, 2.45) is 0 Å². The molecule has 338 valence electrons. The molecule has 2 aliphatic carbocycles. The summed E-state index contributed by atoms with van der Waals surface area (Å²) < 4.78 is 1.30. The first kappa shape index (κ1) is 41.9. The smallest absolute Gasteiger partial charge is 0.0840 e. The van der Waals surface area contributed by atoms with Crippen molar-refractivity contribution in [2.75, 3.05) is 9.80 Å². The third-order valence-corrected chi connectivity index (χ3v) is 16.2. The highest BCUT2D eigenvalue weighted by Crippen LogP contribution is 2.68. The van der Waals surface area contributed by atoms with Crippen molar-refractivity contribution in [3.8, 4) is 55.6 Å². The van der Waals surface area contributed by atoms with Crippen molar-refractivity contribution >= 4 is 55.5 Å². The molecular weight excluding hydrogens is 889 g/mol. The Morgan fingerprint density at radius 1 is 0.292 bits per heavy atom. The van der Waals surface area contributed by atoms with Crippen LogP contribution in [-0.4, -0.2) is 0 Å². The molecule has 1 atom stereocenters. The zero-order chi connectivity index (χ0) is 47.6. The van der Waals surface area contributed by atoms with Gasteiger partial charge in [-0.05, 0) is 134 Å². The van der Waals surface area contributed by atoms with Gasteiger partial charge in [0.2, 0.25) is 0 Å². The van der Waals surface area contributed by atoms with E-state index < -0.39 is 5.41 Å². The summed E-state index contributed by atoms with van der Waals surface area (Å²) >= 11 is 1.95. The van der Waals surface area contributed by atoms with Crippen molar-refractivity contribution in [3.05, 3.63) is 301 Å². The van der Waals surface area contributed by atoms with E-state index in [2.05, 4.69) is 289 Å². The van der Waals surface area contributed by atoms with Gasteiger partial charge in [-0.25, -0.2) is 0 Å². The van der Waals surface area contributed by atoms with Crippen LogP contribution in [0.4, 0.5) is 34.1 Å². The molecule has 0 aliphatic heterocycles. The average Bonchev–Trinajstić information content (AvgIpc) is 4.09. The Kier molecular flexibility index (Phi) is 9.97. The van der Waals surface area contributed by atoms with Crippen LogP contribution in [0.3, 0.4) is 0 Å². The van der Waals surface area contributed by atoms with Gasteiger partial charge >= 0.3 is 0 Å². The lowest BCUT2D eigenvalue weighted by Gasteiger charge is -2.36. The zero-order valence-corrected chi connectivity index (χ0v) is 40.2. The molecule has 0 bridgehead atoms. The molecule has 2 aliphatic rings. The number of fused-ring (bicyclic) bond motifs is 12.